The van der Waals surface area contributed by atoms with Gasteiger partial charge in [-0.2, -0.15) is 0 Å². The monoisotopic (exact) mass is 275 g/mol. The first-order valence-corrected chi connectivity index (χ1v) is 8.00. The molecule has 0 spiro atoms. The number of rotatable bonds is 7. The van der Waals surface area contributed by atoms with Crippen LogP contribution in [-0.4, -0.2) is 18.2 Å². The predicted molar refractivity (Wildman–Crippen MR) is 85.5 cm³/mol. The van der Waals surface area contributed by atoms with Crippen molar-refractivity contribution >= 4 is 0 Å². The van der Waals surface area contributed by atoms with Crippen LogP contribution in [0.25, 0.3) is 0 Å². The lowest BCUT2D eigenvalue weighted by molar-refractivity contribution is 0.138. The molecule has 20 heavy (non-hydrogen) atoms. The summed E-state index contributed by atoms with van der Waals surface area (Å²) in [7, 11) is 0. The summed E-state index contributed by atoms with van der Waals surface area (Å²) in [5.41, 5.74) is 2.82. The van der Waals surface area contributed by atoms with Crippen LogP contribution in [0.5, 0.6) is 5.75 Å². The molecular formula is C18H29NO. The summed E-state index contributed by atoms with van der Waals surface area (Å²) in [5.74, 6) is 1.08. The van der Waals surface area contributed by atoms with Gasteiger partial charge in [-0.1, -0.05) is 32.4 Å². The Kier molecular flexibility index (Phi) is 5.09. The molecule has 2 nitrogen and oxygen atoms in total. The predicted octanol–water partition coefficient (Wildman–Crippen LogP) is 4.11. The van der Waals surface area contributed by atoms with Crippen LogP contribution in [-0.2, 0) is 12.8 Å². The molecule has 0 saturated heterocycles. The summed E-state index contributed by atoms with van der Waals surface area (Å²) in [6.07, 6.45) is 6.09. The zero-order valence-electron chi connectivity index (χ0n) is 13.5. The van der Waals surface area contributed by atoms with Gasteiger partial charge in [0.05, 0.1) is 0 Å². The van der Waals surface area contributed by atoms with E-state index in [0.717, 1.165) is 18.7 Å². The van der Waals surface area contributed by atoms with E-state index >= 15 is 0 Å². The Balaban J connectivity index is 1.73. The molecule has 0 aromatic heterocycles. The minimum absolute atomic E-state index is 0.0243. The van der Waals surface area contributed by atoms with Gasteiger partial charge < -0.3 is 10.1 Å². The molecule has 0 atom stereocenters. The summed E-state index contributed by atoms with van der Waals surface area (Å²) in [4.78, 5) is 0. The summed E-state index contributed by atoms with van der Waals surface area (Å²) < 4.78 is 5.92. The Labute approximate surface area is 123 Å². The van der Waals surface area contributed by atoms with E-state index in [2.05, 4.69) is 51.2 Å². The van der Waals surface area contributed by atoms with E-state index in [9.17, 15) is 0 Å². The zero-order chi connectivity index (χ0) is 14.6. The van der Waals surface area contributed by atoms with Crippen molar-refractivity contribution in [2.75, 3.05) is 6.54 Å². The number of unbranched alkanes of at least 4 members (excludes halogenated alkanes) is 2. The molecule has 0 radical (unpaired) electrons. The molecule has 1 heterocycles. The Bertz CT molecular complexity index is 437. The van der Waals surface area contributed by atoms with Crippen molar-refractivity contribution in [2.45, 2.75) is 71.4 Å². The molecule has 0 bridgehead atoms. The SMILES string of the molecule is CC(C)NCCCCCc1ccc2c(c1)CC(C)(C)O2. The van der Waals surface area contributed by atoms with Crippen molar-refractivity contribution in [1.29, 1.82) is 0 Å². The highest BCUT2D eigenvalue weighted by molar-refractivity contribution is 5.41. The minimum atomic E-state index is -0.0243. The summed E-state index contributed by atoms with van der Waals surface area (Å²) in [6.45, 7) is 9.87. The fourth-order valence-corrected chi connectivity index (χ4v) is 2.84. The fourth-order valence-electron chi connectivity index (χ4n) is 2.84. The lowest BCUT2D eigenvalue weighted by Gasteiger charge is -2.16. The van der Waals surface area contributed by atoms with Crippen LogP contribution in [0.3, 0.4) is 0 Å². The number of hydrogen-bond donors (Lipinski definition) is 1. The van der Waals surface area contributed by atoms with Crippen LogP contribution in [0.15, 0.2) is 18.2 Å². The van der Waals surface area contributed by atoms with Crippen LogP contribution >= 0.6 is 0 Å². The molecule has 0 aliphatic carbocycles. The Hall–Kier alpha value is -1.02. The van der Waals surface area contributed by atoms with E-state index in [1.807, 2.05) is 0 Å². The standard InChI is InChI=1S/C18H29NO/c1-14(2)19-11-7-5-6-8-15-9-10-17-16(12-15)13-18(3,4)20-17/h9-10,12,14,19H,5-8,11,13H2,1-4H3. The van der Waals surface area contributed by atoms with E-state index in [1.54, 1.807) is 0 Å². The van der Waals surface area contributed by atoms with Crippen molar-refractivity contribution in [3.05, 3.63) is 29.3 Å². The molecule has 1 aromatic carbocycles. The van der Waals surface area contributed by atoms with Crippen LogP contribution < -0.4 is 10.1 Å². The third-order valence-corrected chi connectivity index (χ3v) is 3.82. The zero-order valence-corrected chi connectivity index (χ0v) is 13.5. The number of hydrogen-bond acceptors (Lipinski definition) is 2. The largest absolute Gasteiger partial charge is 0.487 e. The summed E-state index contributed by atoms with van der Waals surface area (Å²) in [6, 6.07) is 7.33. The number of aryl methyl sites for hydroxylation is 1. The lowest BCUT2D eigenvalue weighted by atomic mass is 9.98. The molecular weight excluding hydrogens is 246 g/mol. The first-order valence-electron chi connectivity index (χ1n) is 8.00. The molecule has 1 N–H and O–H groups in total. The normalized spacial score (nSPS) is 16.2. The van der Waals surface area contributed by atoms with Crippen molar-refractivity contribution in [3.8, 4) is 5.75 Å². The molecule has 1 aliphatic heterocycles. The van der Waals surface area contributed by atoms with Gasteiger partial charge in [0.15, 0.2) is 0 Å². The van der Waals surface area contributed by atoms with Gasteiger partial charge in [0.1, 0.15) is 11.4 Å². The second-order valence-corrected chi connectivity index (χ2v) is 6.90. The molecule has 2 heteroatoms. The Morgan fingerprint density at radius 1 is 1.20 bits per heavy atom. The average molecular weight is 275 g/mol. The highest BCUT2D eigenvalue weighted by Gasteiger charge is 2.29. The molecule has 0 unspecified atom stereocenters. The third-order valence-electron chi connectivity index (χ3n) is 3.82. The van der Waals surface area contributed by atoms with Gasteiger partial charge in [-0.15, -0.1) is 0 Å². The quantitative estimate of drug-likeness (QED) is 0.756. The number of benzene rings is 1. The molecule has 1 aliphatic rings. The Morgan fingerprint density at radius 3 is 2.75 bits per heavy atom. The van der Waals surface area contributed by atoms with Crippen molar-refractivity contribution in [1.82, 2.24) is 5.32 Å². The van der Waals surface area contributed by atoms with Crippen LogP contribution in [0.2, 0.25) is 0 Å². The van der Waals surface area contributed by atoms with Crippen molar-refractivity contribution in [2.24, 2.45) is 0 Å². The van der Waals surface area contributed by atoms with Gasteiger partial charge in [0.25, 0.3) is 0 Å². The van der Waals surface area contributed by atoms with Gasteiger partial charge in [-0.05, 0) is 56.8 Å². The van der Waals surface area contributed by atoms with Crippen molar-refractivity contribution < 1.29 is 4.74 Å². The van der Waals surface area contributed by atoms with E-state index in [4.69, 9.17) is 4.74 Å². The van der Waals surface area contributed by atoms with Crippen LogP contribution in [0.4, 0.5) is 0 Å². The smallest absolute Gasteiger partial charge is 0.123 e. The topological polar surface area (TPSA) is 21.3 Å². The van der Waals surface area contributed by atoms with E-state index in [0.29, 0.717) is 6.04 Å². The number of fused-ring (bicyclic) bond motifs is 1. The second kappa shape index (κ2) is 6.62. The molecule has 0 fully saturated rings. The number of nitrogens with one attached hydrogen (secondary N) is 1. The minimum Gasteiger partial charge on any atom is -0.487 e. The maximum atomic E-state index is 5.92. The van der Waals surface area contributed by atoms with E-state index < -0.39 is 0 Å². The summed E-state index contributed by atoms with van der Waals surface area (Å²) >= 11 is 0. The molecule has 0 amide bonds. The van der Waals surface area contributed by atoms with E-state index in [1.165, 1.54) is 36.8 Å². The lowest BCUT2D eigenvalue weighted by Crippen LogP contribution is -2.24. The third kappa shape index (κ3) is 4.52. The Morgan fingerprint density at radius 2 is 2.00 bits per heavy atom. The van der Waals surface area contributed by atoms with Crippen molar-refractivity contribution in [3.63, 3.8) is 0 Å². The number of ether oxygens (including phenoxy) is 1. The fraction of sp³-hybridized carbons (Fsp3) is 0.667. The highest BCUT2D eigenvalue weighted by Crippen LogP contribution is 2.35. The molecule has 0 saturated carbocycles. The maximum Gasteiger partial charge on any atom is 0.123 e. The maximum absolute atomic E-state index is 5.92. The van der Waals surface area contributed by atoms with Gasteiger partial charge in [-0.25, -0.2) is 0 Å². The van der Waals surface area contributed by atoms with E-state index in [-0.39, 0.29) is 5.60 Å². The second-order valence-electron chi connectivity index (χ2n) is 6.90. The van der Waals surface area contributed by atoms with Gasteiger partial charge in [0.2, 0.25) is 0 Å². The van der Waals surface area contributed by atoms with Gasteiger partial charge >= 0.3 is 0 Å². The first kappa shape index (κ1) is 15.4. The highest BCUT2D eigenvalue weighted by atomic mass is 16.5. The summed E-state index contributed by atoms with van der Waals surface area (Å²) in [5, 5.41) is 3.47. The first-order chi connectivity index (χ1) is 9.46. The molecule has 112 valence electrons. The molecule has 2 rings (SSSR count). The molecule has 1 aromatic rings. The average Bonchev–Trinajstić information content (AvgIpc) is 2.66. The van der Waals surface area contributed by atoms with Gasteiger partial charge in [0, 0.05) is 12.5 Å². The van der Waals surface area contributed by atoms with Crippen LogP contribution in [0, 0.1) is 0 Å². The van der Waals surface area contributed by atoms with Crippen LogP contribution in [0.1, 0.15) is 58.1 Å². The van der Waals surface area contributed by atoms with Gasteiger partial charge in [-0.3, -0.25) is 0 Å².